The molecule has 1 saturated heterocycles. The maximum Gasteiger partial charge on any atom is 0.240 e. The molecule has 9 heteroatoms. The molecule has 0 aliphatic carbocycles. The number of hydrogen-bond acceptors (Lipinski definition) is 5. The average Bonchev–Trinajstić information content (AvgIpc) is 3.20. The van der Waals surface area contributed by atoms with E-state index in [0.29, 0.717) is 28.3 Å². The molecule has 3 heterocycles. The van der Waals surface area contributed by atoms with Crippen LogP contribution in [-0.4, -0.2) is 41.8 Å². The average molecular weight is 405 g/mol. The highest BCUT2D eigenvalue weighted by Gasteiger charge is 2.42. The van der Waals surface area contributed by atoms with Crippen molar-refractivity contribution in [1.82, 2.24) is 14.9 Å². The fourth-order valence-corrected chi connectivity index (χ4v) is 5.29. The molecule has 0 spiro atoms. The number of nitrogens with two attached hydrogens (primary N) is 1. The summed E-state index contributed by atoms with van der Waals surface area (Å²) in [4.78, 5) is 21.3. The Bertz CT molecular complexity index is 1110. The number of likely N-dealkylation sites (tertiary alicyclic amines) is 1. The van der Waals surface area contributed by atoms with Crippen molar-refractivity contribution in [1.29, 1.82) is 0 Å². The summed E-state index contributed by atoms with van der Waals surface area (Å²) in [5.74, 6) is -0.385. The molecule has 1 fully saturated rings. The number of rotatable bonds is 4. The van der Waals surface area contributed by atoms with Crippen molar-refractivity contribution in [2.24, 2.45) is 5.73 Å². The molecule has 4 rings (SSSR count). The summed E-state index contributed by atoms with van der Waals surface area (Å²) >= 11 is 5.94. The van der Waals surface area contributed by atoms with E-state index in [-0.39, 0.29) is 17.3 Å². The van der Waals surface area contributed by atoms with E-state index in [1.165, 1.54) is 17.0 Å². The molecule has 0 bridgehead atoms. The minimum Gasteiger partial charge on any atom is -0.354 e. The van der Waals surface area contributed by atoms with Crippen molar-refractivity contribution in [2.45, 2.75) is 22.7 Å². The lowest BCUT2D eigenvalue weighted by Gasteiger charge is -2.27. The van der Waals surface area contributed by atoms with Gasteiger partial charge in [0.15, 0.2) is 5.37 Å². The van der Waals surface area contributed by atoms with Crippen molar-refractivity contribution < 1.29 is 13.2 Å². The number of pyridine rings is 1. The summed E-state index contributed by atoms with van der Waals surface area (Å²) < 4.78 is 26.8. The zero-order chi connectivity index (χ0) is 19.2. The normalized spacial score (nSPS) is 19.0. The monoisotopic (exact) mass is 404 g/mol. The Balaban J connectivity index is 1.89. The summed E-state index contributed by atoms with van der Waals surface area (Å²) in [6, 6.07) is 12.3. The fraction of sp³-hybridized carbons (Fsp3) is 0.222. The molecular weight excluding hydrogens is 388 g/mol. The van der Waals surface area contributed by atoms with Gasteiger partial charge in [0.25, 0.3) is 0 Å². The predicted molar refractivity (Wildman–Crippen MR) is 102 cm³/mol. The van der Waals surface area contributed by atoms with Crippen molar-refractivity contribution in [2.75, 3.05) is 6.54 Å². The molecule has 1 aliphatic heterocycles. The standard InChI is InChI=1S/C18H17ClN4O3S/c19-16-7-6-13-14(22-16)10-15(21-13)18(23-9-8-12(20)17(23)24)27(25,26)11-4-2-1-3-5-11/h1-7,10,12,18,21H,8-9,20H2. The Labute approximate surface area is 161 Å². The van der Waals surface area contributed by atoms with Crippen molar-refractivity contribution in [3.63, 3.8) is 0 Å². The van der Waals surface area contributed by atoms with Gasteiger partial charge in [-0.05, 0) is 36.8 Å². The third-order valence-electron chi connectivity index (χ3n) is 4.66. The Morgan fingerprint density at radius 2 is 1.96 bits per heavy atom. The molecule has 1 amide bonds. The third kappa shape index (κ3) is 3.09. The number of amides is 1. The molecule has 0 saturated carbocycles. The van der Waals surface area contributed by atoms with Crippen LogP contribution in [0.3, 0.4) is 0 Å². The highest BCUT2D eigenvalue weighted by molar-refractivity contribution is 7.91. The van der Waals surface area contributed by atoms with E-state index in [2.05, 4.69) is 9.97 Å². The van der Waals surface area contributed by atoms with Gasteiger partial charge in [-0.25, -0.2) is 13.4 Å². The zero-order valence-electron chi connectivity index (χ0n) is 14.2. The van der Waals surface area contributed by atoms with Gasteiger partial charge < -0.3 is 15.6 Å². The molecule has 2 aromatic heterocycles. The smallest absolute Gasteiger partial charge is 0.240 e. The van der Waals surface area contributed by atoms with Crippen LogP contribution >= 0.6 is 11.6 Å². The lowest BCUT2D eigenvalue weighted by atomic mass is 10.3. The third-order valence-corrected chi connectivity index (χ3v) is 6.89. The largest absolute Gasteiger partial charge is 0.354 e. The van der Waals surface area contributed by atoms with Crippen LogP contribution in [0.4, 0.5) is 0 Å². The molecule has 3 aromatic rings. The van der Waals surface area contributed by atoms with Gasteiger partial charge in [0, 0.05) is 6.54 Å². The van der Waals surface area contributed by atoms with Crippen LogP contribution in [0.2, 0.25) is 5.15 Å². The maximum atomic E-state index is 13.4. The van der Waals surface area contributed by atoms with E-state index < -0.39 is 21.3 Å². The Morgan fingerprint density at radius 1 is 1.22 bits per heavy atom. The first-order chi connectivity index (χ1) is 12.9. The first kappa shape index (κ1) is 18.0. The van der Waals surface area contributed by atoms with E-state index >= 15 is 0 Å². The number of H-pyrrole nitrogens is 1. The van der Waals surface area contributed by atoms with E-state index in [9.17, 15) is 13.2 Å². The molecule has 2 unspecified atom stereocenters. The quantitative estimate of drug-likeness (QED) is 0.648. The number of sulfone groups is 1. The van der Waals surface area contributed by atoms with Gasteiger partial charge in [0.2, 0.25) is 15.7 Å². The number of fused-ring (bicyclic) bond motifs is 1. The van der Waals surface area contributed by atoms with Gasteiger partial charge in [-0.3, -0.25) is 4.79 Å². The summed E-state index contributed by atoms with van der Waals surface area (Å²) in [6.07, 6.45) is 0.407. The molecule has 2 atom stereocenters. The number of nitrogens with one attached hydrogen (secondary N) is 1. The Hall–Kier alpha value is -2.42. The fourth-order valence-electron chi connectivity index (χ4n) is 3.34. The molecule has 0 radical (unpaired) electrons. The van der Waals surface area contributed by atoms with Crippen LogP contribution in [0, 0.1) is 0 Å². The predicted octanol–water partition coefficient (Wildman–Crippen LogP) is 2.25. The van der Waals surface area contributed by atoms with Crippen LogP contribution in [-0.2, 0) is 14.6 Å². The maximum absolute atomic E-state index is 13.4. The van der Waals surface area contributed by atoms with Gasteiger partial charge in [-0.2, -0.15) is 0 Å². The van der Waals surface area contributed by atoms with Crippen LogP contribution in [0.5, 0.6) is 0 Å². The topological polar surface area (TPSA) is 109 Å². The molecule has 1 aromatic carbocycles. The number of carbonyl (C=O) groups is 1. The van der Waals surface area contributed by atoms with Crippen LogP contribution < -0.4 is 5.73 Å². The molecular formula is C18H17ClN4O3S. The van der Waals surface area contributed by atoms with E-state index in [0.717, 1.165) is 0 Å². The van der Waals surface area contributed by atoms with E-state index in [4.69, 9.17) is 17.3 Å². The number of hydrogen-bond donors (Lipinski definition) is 2. The number of aromatic nitrogens is 2. The number of carbonyl (C=O) groups excluding carboxylic acids is 1. The van der Waals surface area contributed by atoms with E-state index in [1.54, 1.807) is 36.4 Å². The SMILES string of the molecule is NC1CCN(C(c2cc3nc(Cl)ccc3[nH]2)S(=O)(=O)c2ccccc2)C1=O. The van der Waals surface area contributed by atoms with Gasteiger partial charge in [0.05, 0.1) is 27.7 Å². The molecule has 27 heavy (non-hydrogen) atoms. The summed E-state index contributed by atoms with van der Waals surface area (Å²) in [5.41, 5.74) is 7.36. The molecule has 7 nitrogen and oxygen atoms in total. The van der Waals surface area contributed by atoms with Crippen LogP contribution in [0.15, 0.2) is 53.4 Å². The minimum atomic E-state index is -3.89. The number of benzene rings is 1. The van der Waals surface area contributed by atoms with Gasteiger partial charge >= 0.3 is 0 Å². The van der Waals surface area contributed by atoms with Crippen LogP contribution in [0.1, 0.15) is 17.5 Å². The highest BCUT2D eigenvalue weighted by Crippen LogP contribution is 2.35. The van der Waals surface area contributed by atoms with Crippen molar-refractivity contribution in [3.8, 4) is 0 Å². The second kappa shape index (κ2) is 6.63. The van der Waals surface area contributed by atoms with Crippen LogP contribution in [0.25, 0.3) is 11.0 Å². The molecule has 3 N–H and O–H groups in total. The second-order valence-electron chi connectivity index (χ2n) is 6.43. The molecule has 140 valence electrons. The van der Waals surface area contributed by atoms with Gasteiger partial charge in [0.1, 0.15) is 5.15 Å². The Kier molecular flexibility index (Phi) is 4.41. The number of aromatic amines is 1. The summed E-state index contributed by atoms with van der Waals surface area (Å²) in [6.45, 7) is 0.264. The second-order valence-corrected chi connectivity index (χ2v) is 8.82. The lowest BCUT2D eigenvalue weighted by molar-refractivity contribution is -0.129. The summed E-state index contributed by atoms with van der Waals surface area (Å²) in [7, 11) is -3.89. The summed E-state index contributed by atoms with van der Waals surface area (Å²) in [5, 5.41) is -0.913. The minimum absolute atomic E-state index is 0.132. The molecule has 1 aliphatic rings. The van der Waals surface area contributed by atoms with Gasteiger partial charge in [-0.15, -0.1) is 0 Å². The van der Waals surface area contributed by atoms with Crippen molar-refractivity contribution >= 4 is 38.4 Å². The number of halogens is 1. The highest BCUT2D eigenvalue weighted by atomic mass is 35.5. The van der Waals surface area contributed by atoms with Gasteiger partial charge in [-0.1, -0.05) is 29.8 Å². The van der Waals surface area contributed by atoms with E-state index in [1.807, 2.05) is 0 Å². The lowest BCUT2D eigenvalue weighted by Crippen LogP contribution is -2.39. The zero-order valence-corrected chi connectivity index (χ0v) is 15.7. The van der Waals surface area contributed by atoms with Crippen molar-refractivity contribution in [3.05, 3.63) is 59.4 Å². The first-order valence-corrected chi connectivity index (χ1v) is 10.3. The number of nitrogens with zero attached hydrogens (tertiary/aromatic N) is 2. The first-order valence-electron chi connectivity index (χ1n) is 8.38. The Morgan fingerprint density at radius 3 is 2.63 bits per heavy atom.